The van der Waals surface area contributed by atoms with Crippen molar-refractivity contribution >= 4 is 11.9 Å². The predicted octanol–water partition coefficient (Wildman–Crippen LogP) is 3.80. The minimum atomic E-state index is -0.913. The van der Waals surface area contributed by atoms with Crippen LogP contribution in [0.25, 0.3) is 11.1 Å². The third kappa shape index (κ3) is 3.59. The van der Waals surface area contributed by atoms with Crippen molar-refractivity contribution in [1.29, 1.82) is 0 Å². The Balaban J connectivity index is 1.81. The molecule has 118 valence electrons. The molecule has 0 spiro atoms. The fraction of sp³-hybridized carbons (Fsp3) is 0.263. The summed E-state index contributed by atoms with van der Waals surface area (Å²) in [4.78, 5) is 15.5. The molecule has 1 heterocycles. The van der Waals surface area contributed by atoms with E-state index in [1.54, 1.807) is 12.1 Å². The number of ether oxygens (including phenoxy) is 1. The highest BCUT2D eigenvalue weighted by atomic mass is 16.5. The van der Waals surface area contributed by atoms with Gasteiger partial charge in [0.25, 0.3) is 0 Å². The standard InChI is InChI=1S/C19H19NO3/c1-19(2)12-23-17(20-19)11-13-4-3-5-16(10-13)14-6-8-15(9-7-14)18(21)22/h3-10H,11-12H2,1-2H3,(H,21,22). The van der Waals surface area contributed by atoms with Gasteiger partial charge in [-0.15, -0.1) is 0 Å². The first-order valence-corrected chi connectivity index (χ1v) is 7.57. The van der Waals surface area contributed by atoms with Crippen molar-refractivity contribution in [1.82, 2.24) is 0 Å². The SMILES string of the molecule is CC1(C)COC(Cc2cccc(-c3ccc(C(=O)O)cc3)c2)=N1. The number of carbonyl (C=O) groups is 1. The molecule has 0 fully saturated rings. The Morgan fingerprint density at radius 1 is 1.17 bits per heavy atom. The lowest BCUT2D eigenvalue weighted by molar-refractivity contribution is 0.0697. The van der Waals surface area contributed by atoms with Crippen LogP contribution in [0.3, 0.4) is 0 Å². The van der Waals surface area contributed by atoms with Crippen molar-refractivity contribution < 1.29 is 14.6 Å². The lowest BCUT2D eigenvalue weighted by Crippen LogP contribution is -2.17. The number of aromatic carboxylic acids is 1. The molecular formula is C19H19NO3. The smallest absolute Gasteiger partial charge is 0.335 e. The molecule has 0 aromatic heterocycles. The monoisotopic (exact) mass is 309 g/mol. The van der Waals surface area contributed by atoms with E-state index >= 15 is 0 Å². The van der Waals surface area contributed by atoms with Crippen LogP contribution in [0, 0.1) is 0 Å². The van der Waals surface area contributed by atoms with Crippen LogP contribution in [0.15, 0.2) is 53.5 Å². The number of nitrogens with zero attached hydrogens (tertiary/aromatic N) is 1. The summed E-state index contributed by atoms with van der Waals surface area (Å²) in [5.41, 5.74) is 3.32. The highest BCUT2D eigenvalue weighted by Crippen LogP contribution is 2.23. The molecule has 0 amide bonds. The lowest BCUT2D eigenvalue weighted by Gasteiger charge is -2.07. The number of aliphatic imine (C=N–C) groups is 1. The van der Waals surface area contributed by atoms with Gasteiger partial charge < -0.3 is 9.84 Å². The maximum absolute atomic E-state index is 10.9. The van der Waals surface area contributed by atoms with Gasteiger partial charge in [-0.25, -0.2) is 9.79 Å². The first-order valence-electron chi connectivity index (χ1n) is 7.57. The Bertz CT molecular complexity index is 760. The van der Waals surface area contributed by atoms with E-state index in [9.17, 15) is 4.79 Å². The summed E-state index contributed by atoms with van der Waals surface area (Å²) in [7, 11) is 0. The second-order valence-corrected chi connectivity index (χ2v) is 6.37. The minimum Gasteiger partial charge on any atom is -0.478 e. The number of carboxylic acid groups (broad SMARTS) is 1. The zero-order valence-corrected chi connectivity index (χ0v) is 13.2. The molecule has 1 aliphatic heterocycles. The van der Waals surface area contributed by atoms with Crippen LogP contribution in [0.2, 0.25) is 0 Å². The van der Waals surface area contributed by atoms with E-state index in [1.807, 2.05) is 30.3 Å². The van der Waals surface area contributed by atoms with Gasteiger partial charge >= 0.3 is 5.97 Å². The lowest BCUT2D eigenvalue weighted by atomic mass is 10.0. The molecule has 0 saturated carbocycles. The maximum atomic E-state index is 10.9. The molecule has 1 aliphatic rings. The van der Waals surface area contributed by atoms with E-state index in [0.29, 0.717) is 18.6 Å². The highest BCUT2D eigenvalue weighted by molar-refractivity contribution is 5.88. The second-order valence-electron chi connectivity index (χ2n) is 6.37. The normalized spacial score (nSPS) is 15.8. The molecule has 4 nitrogen and oxygen atoms in total. The molecule has 2 aromatic carbocycles. The van der Waals surface area contributed by atoms with E-state index in [4.69, 9.17) is 9.84 Å². The Morgan fingerprint density at radius 3 is 2.52 bits per heavy atom. The summed E-state index contributed by atoms with van der Waals surface area (Å²) in [6.07, 6.45) is 0.671. The number of carboxylic acids is 1. The van der Waals surface area contributed by atoms with E-state index in [-0.39, 0.29) is 5.54 Å². The van der Waals surface area contributed by atoms with Crippen LogP contribution in [0.1, 0.15) is 29.8 Å². The summed E-state index contributed by atoms with van der Waals surface area (Å²) in [6, 6.07) is 15.1. The zero-order chi connectivity index (χ0) is 16.4. The molecule has 0 unspecified atom stereocenters. The summed E-state index contributed by atoms with van der Waals surface area (Å²) >= 11 is 0. The van der Waals surface area contributed by atoms with E-state index in [1.165, 1.54) is 0 Å². The van der Waals surface area contributed by atoms with Gasteiger partial charge in [0.1, 0.15) is 6.61 Å². The van der Waals surface area contributed by atoms with Gasteiger partial charge in [-0.3, -0.25) is 0 Å². The molecule has 0 aliphatic carbocycles. The van der Waals surface area contributed by atoms with Gasteiger partial charge in [0, 0.05) is 6.42 Å². The first-order chi connectivity index (χ1) is 10.9. The summed E-state index contributed by atoms with van der Waals surface area (Å²) in [5, 5.41) is 8.96. The van der Waals surface area contributed by atoms with Crippen LogP contribution in [-0.4, -0.2) is 29.1 Å². The van der Waals surface area contributed by atoms with Gasteiger partial charge in [-0.1, -0.05) is 36.4 Å². The second kappa shape index (κ2) is 5.88. The Hall–Kier alpha value is -2.62. The molecule has 0 radical (unpaired) electrons. The van der Waals surface area contributed by atoms with Crippen molar-refractivity contribution in [2.45, 2.75) is 25.8 Å². The Morgan fingerprint density at radius 2 is 1.91 bits per heavy atom. The third-order valence-corrected chi connectivity index (χ3v) is 3.77. The van der Waals surface area contributed by atoms with E-state index in [2.05, 4.69) is 24.9 Å². The van der Waals surface area contributed by atoms with Crippen LogP contribution in [0.5, 0.6) is 0 Å². The molecule has 0 atom stereocenters. The van der Waals surface area contributed by atoms with Crippen LogP contribution in [0.4, 0.5) is 0 Å². The molecule has 1 N–H and O–H groups in total. The summed E-state index contributed by atoms with van der Waals surface area (Å²) in [6.45, 7) is 4.74. The van der Waals surface area contributed by atoms with Crippen molar-refractivity contribution in [3.05, 3.63) is 59.7 Å². The van der Waals surface area contributed by atoms with Gasteiger partial charge in [-0.05, 0) is 42.7 Å². The van der Waals surface area contributed by atoms with Crippen LogP contribution in [-0.2, 0) is 11.2 Å². The van der Waals surface area contributed by atoms with Crippen molar-refractivity contribution in [3.8, 4) is 11.1 Å². The van der Waals surface area contributed by atoms with E-state index in [0.717, 1.165) is 22.6 Å². The van der Waals surface area contributed by atoms with Crippen molar-refractivity contribution in [3.63, 3.8) is 0 Å². The zero-order valence-electron chi connectivity index (χ0n) is 13.2. The number of hydrogen-bond donors (Lipinski definition) is 1. The average Bonchev–Trinajstić information content (AvgIpc) is 2.86. The predicted molar refractivity (Wildman–Crippen MR) is 90.0 cm³/mol. The van der Waals surface area contributed by atoms with Gasteiger partial charge in [0.2, 0.25) is 0 Å². The largest absolute Gasteiger partial charge is 0.478 e. The van der Waals surface area contributed by atoms with E-state index < -0.39 is 5.97 Å². The van der Waals surface area contributed by atoms with Gasteiger partial charge in [0.05, 0.1) is 11.1 Å². The number of rotatable bonds is 4. The third-order valence-electron chi connectivity index (χ3n) is 3.77. The quantitative estimate of drug-likeness (QED) is 0.934. The summed E-state index contributed by atoms with van der Waals surface area (Å²) < 4.78 is 5.64. The molecule has 23 heavy (non-hydrogen) atoms. The first kappa shape index (κ1) is 15.3. The Labute approximate surface area is 135 Å². The number of hydrogen-bond acceptors (Lipinski definition) is 3. The fourth-order valence-electron chi connectivity index (χ4n) is 2.59. The van der Waals surface area contributed by atoms with Gasteiger partial charge in [-0.2, -0.15) is 0 Å². The molecule has 2 aromatic rings. The Kier molecular flexibility index (Phi) is 3.90. The molecular weight excluding hydrogens is 290 g/mol. The minimum absolute atomic E-state index is 0.139. The average molecular weight is 309 g/mol. The van der Waals surface area contributed by atoms with Crippen molar-refractivity contribution in [2.24, 2.45) is 4.99 Å². The fourth-order valence-corrected chi connectivity index (χ4v) is 2.59. The molecule has 3 rings (SSSR count). The number of benzene rings is 2. The van der Waals surface area contributed by atoms with Crippen LogP contribution < -0.4 is 0 Å². The van der Waals surface area contributed by atoms with Gasteiger partial charge in [0.15, 0.2) is 5.90 Å². The highest BCUT2D eigenvalue weighted by Gasteiger charge is 2.26. The van der Waals surface area contributed by atoms with Crippen molar-refractivity contribution in [2.75, 3.05) is 6.61 Å². The topological polar surface area (TPSA) is 58.9 Å². The van der Waals surface area contributed by atoms with Crippen LogP contribution >= 0.6 is 0 Å². The molecule has 4 heteroatoms. The maximum Gasteiger partial charge on any atom is 0.335 e. The molecule has 0 saturated heterocycles. The summed E-state index contributed by atoms with van der Waals surface area (Å²) in [5.74, 6) is -0.141. The molecule has 0 bridgehead atoms.